The maximum Gasteiger partial charge on any atom is 0.338 e. The summed E-state index contributed by atoms with van der Waals surface area (Å²) in [4.78, 5) is 38.8. The van der Waals surface area contributed by atoms with Gasteiger partial charge in [0.25, 0.3) is 0 Å². The van der Waals surface area contributed by atoms with E-state index in [9.17, 15) is 24.6 Å². The molecule has 210 valence electrons. The highest BCUT2D eigenvalue weighted by molar-refractivity contribution is 7.99. The van der Waals surface area contributed by atoms with Crippen LogP contribution in [0.4, 0.5) is 5.69 Å². The van der Waals surface area contributed by atoms with Crippen molar-refractivity contribution in [2.45, 2.75) is 55.8 Å². The van der Waals surface area contributed by atoms with Gasteiger partial charge in [-0.2, -0.15) is 0 Å². The molecule has 2 aromatic carbocycles. The van der Waals surface area contributed by atoms with Gasteiger partial charge in [-0.1, -0.05) is 36.4 Å². The van der Waals surface area contributed by atoms with Gasteiger partial charge in [0.05, 0.1) is 24.4 Å². The number of carboxylic acid groups (broad SMARTS) is 2. The molecular formula is C29H30N2O8S. The normalized spacial score (nSPS) is 18.7. The lowest BCUT2D eigenvalue weighted by Gasteiger charge is -2.36. The molecule has 0 saturated carbocycles. The number of carbonyl (C=O) groups excluding carboxylic acids is 1. The minimum Gasteiger partial charge on any atom is -0.481 e. The van der Waals surface area contributed by atoms with Crippen molar-refractivity contribution >= 4 is 35.3 Å². The Morgan fingerprint density at radius 3 is 2.50 bits per heavy atom. The van der Waals surface area contributed by atoms with E-state index >= 15 is 0 Å². The van der Waals surface area contributed by atoms with Crippen LogP contribution >= 0.6 is 11.8 Å². The van der Waals surface area contributed by atoms with Crippen LogP contribution in [0.15, 0.2) is 71.9 Å². The lowest BCUT2D eigenvalue weighted by molar-refractivity contribution is -0.245. The summed E-state index contributed by atoms with van der Waals surface area (Å²) >= 11 is 1.30. The molecule has 1 aliphatic heterocycles. The van der Waals surface area contributed by atoms with Gasteiger partial charge in [-0.15, -0.1) is 11.8 Å². The number of rotatable bonds is 12. The molecule has 1 saturated heterocycles. The number of ether oxygens (including phenoxy) is 2. The number of aliphatic carboxylic acids is 1. The van der Waals surface area contributed by atoms with E-state index in [4.69, 9.17) is 14.6 Å². The number of hydrogen-bond donors (Lipinski definition) is 4. The molecule has 4 rings (SSSR count). The molecule has 0 radical (unpaired) electrons. The largest absolute Gasteiger partial charge is 0.481 e. The Labute approximate surface area is 235 Å². The number of benzene rings is 2. The predicted octanol–water partition coefficient (Wildman–Crippen LogP) is 4.80. The molecule has 2 heterocycles. The summed E-state index contributed by atoms with van der Waals surface area (Å²) in [6.07, 6.45) is 0.887. The summed E-state index contributed by atoms with van der Waals surface area (Å²) < 4.78 is 12.7. The zero-order valence-electron chi connectivity index (χ0n) is 21.6. The third-order valence-corrected chi connectivity index (χ3v) is 7.40. The number of thioether (sulfide) groups is 1. The van der Waals surface area contributed by atoms with Crippen LogP contribution in [0.25, 0.3) is 0 Å². The van der Waals surface area contributed by atoms with Crippen LogP contribution in [0.5, 0.6) is 0 Å². The van der Waals surface area contributed by atoms with E-state index in [1.54, 1.807) is 30.5 Å². The number of pyridine rings is 1. The average Bonchev–Trinajstić information content (AvgIpc) is 2.96. The summed E-state index contributed by atoms with van der Waals surface area (Å²) in [5, 5.41) is 30.9. The second-order valence-corrected chi connectivity index (χ2v) is 10.3. The SMILES string of the molecule is O=C(O)CCCC(=O)Nc1cccc([C@@H]2O[C@H](CSc3ncccc3C(=O)O)C[C@H](c3ccc(CO)cc3)O2)c1. The predicted molar refractivity (Wildman–Crippen MR) is 147 cm³/mol. The summed E-state index contributed by atoms with van der Waals surface area (Å²) in [7, 11) is 0. The molecule has 0 spiro atoms. The molecule has 10 nitrogen and oxygen atoms in total. The number of hydrogen-bond acceptors (Lipinski definition) is 8. The fourth-order valence-corrected chi connectivity index (χ4v) is 5.25. The van der Waals surface area contributed by atoms with Gasteiger partial charge in [0.15, 0.2) is 6.29 Å². The van der Waals surface area contributed by atoms with Crippen molar-refractivity contribution in [1.82, 2.24) is 4.98 Å². The van der Waals surface area contributed by atoms with E-state index in [0.29, 0.717) is 28.5 Å². The molecule has 1 aliphatic rings. The van der Waals surface area contributed by atoms with E-state index in [1.165, 1.54) is 17.8 Å². The third-order valence-electron chi connectivity index (χ3n) is 6.26. The van der Waals surface area contributed by atoms with Crippen molar-refractivity contribution in [2.24, 2.45) is 0 Å². The molecule has 11 heteroatoms. The van der Waals surface area contributed by atoms with Crippen LogP contribution in [0.1, 0.15) is 65.1 Å². The van der Waals surface area contributed by atoms with Crippen LogP contribution in [-0.4, -0.2) is 50.0 Å². The van der Waals surface area contributed by atoms with Gasteiger partial charge < -0.3 is 30.1 Å². The van der Waals surface area contributed by atoms with E-state index in [1.807, 2.05) is 30.3 Å². The quantitative estimate of drug-likeness (QED) is 0.225. The first-order chi connectivity index (χ1) is 19.3. The second kappa shape index (κ2) is 14.0. The fourth-order valence-electron chi connectivity index (χ4n) is 4.25. The number of amides is 1. The van der Waals surface area contributed by atoms with Crippen LogP contribution in [-0.2, 0) is 25.7 Å². The summed E-state index contributed by atoms with van der Waals surface area (Å²) in [5.74, 6) is -1.85. The highest BCUT2D eigenvalue weighted by atomic mass is 32.2. The van der Waals surface area contributed by atoms with Gasteiger partial charge in [-0.3, -0.25) is 9.59 Å². The Morgan fingerprint density at radius 1 is 0.975 bits per heavy atom. The van der Waals surface area contributed by atoms with Crippen molar-refractivity contribution in [3.05, 3.63) is 89.1 Å². The molecule has 4 N–H and O–H groups in total. The number of nitrogens with one attached hydrogen (secondary N) is 1. The molecular weight excluding hydrogens is 536 g/mol. The summed E-state index contributed by atoms with van der Waals surface area (Å²) in [6, 6.07) is 17.6. The Balaban J connectivity index is 1.51. The minimum atomic E-state index is -1.05. The van der Waals surface area contributed by atoms with E-state index in [2.05, 4.69) is 10.3 Å². The van der Waals surface area contributed by atoms with Crippen molar-refractivity contribution in [1.29, 1.82) is 0 Å². The number of aliphatic hydroxyl groups is 1. The molecule has 0 unspecified atom stereocenters. The number of aromatic carboxylic acids is 1. The van der Waals surface area contributed by atoms with Crippen molar-refractivity contribution in [3.63, 3.8) is 0 Å². The lowest BCUT2D eigenvalue weighted by Crippen LogP contribution is -2.31. The Kier molecular flexibility index (Phi) is 10.3. The highest BCUT2D eigenvalue weighted by Crippen LogP contribution is 2.40. The van der Waals surface area contributed by atoms with E-state index in [-0.39, 0.29) is 49.5 Å². The second-order valence-electron chi connectivity index (χ2n) is 9.24. The Bertz CT molecular complexity index is 1330. The topological polar surface area (TPSA) is 155 Å². The van der Waals surface area contributed by atoms with Crippen LogP contribution < -0.4 is 5.32 Å². The van der Waals surface area contributed by atoms with Gasteiger partial charge in [-0.05, 0) is 41.8 Å². The van der Waals surface area contributed by atoms with Crippen LogP contribution in [0.2, 0.25) is 0 Å². The molecule has 0 aliphatic carbocycles. The van der Waals surface area contributed by atoms with Gasteiger partial charge in [-0.25, -0.2) is 9.78 Å². The monoisotopic (exact) mass is 566 g/mol. The first-order valence-electron chi connectivity index (χ1n) is 12.8. The van der Waals surface area contributed by atoms with Crippen molar-refractivity contribution in [2.75, 3.05) is 11.1 Å². The first kappa shape index (κ1) is 29.2. The number of carbonyl (C=O) groups is 3. The molecule has 0 bridgehead atoms. The maximum absolute atomic E-state index is 12.3. The Morgan fingerprint density at radius 2 is 1.77 bits per heavy atom. The smallest absolute Gasteiger partial charge is 0.338 e. The van der Waals surface area contributed by atoms with E-state index < -0.39 is 18.2 Å². The number of anilines is 1. The third kappa shape index (κ3) is 8.12. The van der Waals surface area contributed by atoms with Crippen molar-refractivity contribution in [3.8, 4) is 0 Å². The van der Waals surface area contributed by atoms with Gasteiger partial charge >= 0.3 is 11.9 Å². The molecule has 3 atom stereocenters. The van der Waals surface area contributed by atoms with Crippen LogP contribution in [0.3, 0.4) is 0 Å². The Hall–Kier alpha value is -3.77. The number of carboxylic acids is 2. The number of nitrogens with zero attached hydrogens (tertiary/aromatic N) is 1. The minimum absolute atomic E-state index is 0.0678. The molecule has 40 heavy (non-hydrogen) atoms. The zero-order valence-corrected chi connectivity index (χ0v) is 22.4. The zero-order chi connectivity index (χ0) is 28.5. The average molecular weight is 567 g/mol. The summed E-state index contributed by atoms with van der Waals surface area (Å²) in [5.41, 5.74) is 3.03. The molecule has 1 aromatic heterocycles. The highest BCUT2D eigenvalue weighted by Gasteiger charge is 2.32. The maximum atomic E-state index is 12.3. The standard InChI is InChI=1S/C29H30N2O8S/c32-16-18-9-11-19(12-10-18)24-15-22(17-40-27-23(28(36)37)6-3-13-30-27)38-29(39-24)20-4-1-5-21(14-20)31-25(33)7-2-8-26(34)35/h1,3-6,9-14,22,24,29,32H,2,7-8,15-17H2,(H,31,33)(H,34,35)(H,36,37)/t22-,24+,29+/m0/s1. The molecule has 1 fully saturated rings. The molecule has 1 amide bonds. The van der Waals surface area contributed by atoms with Crippen molar-refractivity contribution < 1.29 is 39.2 Å². The van der Waals surface area contributed by atoms with E-state index in [0.717, 1.165) is 11.1 Å². The van der Waals surface area contributed by atoms with Gasteiger partial charge in [0.1, 0.15) is 5.03 Å². The number of aromatic nitrogens is 1. The summed E-state index contributed by atoms with van der Waals surface area (Å²) in [6.45, 7) is -0.0678. The van der Waals surface area contributed by atoms with Crippen LogP contribution in [0, 0.1) is 0 Å². The van der Waals surface area contributed by atoms with Gasteiger partial charge in [0.2, 0.25) is 5.91 Å². The first-order valence-corrected chi connectivity index (χ1v) is 13.7. The fraction of sp³-hybridized carbons (Fsp3) is 0.310. The lowest BCUT2D eigenvalue weighted by atomic mass is 10.0. The van der Waals surface area contributed by atoms with Gasteiger partial charge in [0, 0.05) is 42.5 Å². The number of aliphatic hydroxyl groups excluding tert-OH is 1. The molecule has 3 aromatic rings.